The van der Waals surface area contributed by atoms with Crippen LogP contribution >= 0.6 is 11.3 Å². The smallest absolute Gasteiger partial charge is 0.490 e. The first kappa shape index (κ1) is 30.4. The number of nitrogens with zero attached hydrogens (tertiary/aromatic N) is 1. The number of ether oxygens (including phenoxy) is 2. The minimum Gasteiger partial charge on any atom is -0.493 e. The highest BCUT2D eigenvalue weighted by Crippen LogP contribution is 2.30. The molecule has 1 aliphatic carbocycles. The van der Waals surface area contributed by atoms with Gasteiger partial charge in [-0.3, -0.25) is 14.9 Å². The van der Waals surface area contributed by atoms with Gasteiger partial charge in [-0.1, -0.05) is 12.1 Å². The van der Waals surface area contributed by atoms with E-state index in [1.807, 2.05) is 6.07 Å². The lowest BCUT2D eigenvalue weighted by molar-refractivity contribution is -0.192. The summed E-state index contributed by atoms with van der Waals surface area (Å²) in [5.41, 5.74) is 8.82. The van der Waals surface area contributed by atoms with E-state index in [1.165, 1.54) is 18.4 Å². The van der Waals surface area contributed by atoms with Gasteiger partial charge in [0.2, 0.25) is 0 Å². The minimum atomic E-state index is -5.08. The largest absolute Gasteiger partial charge is 0.493 e. The number of aryl methyl sites for hydroxylation is 1. The van der Waals surface area contributed by atoms with Gasteiger partial charge in [0.15, 0.2) is 16.6 Å². The highest BCUT2D eigenvalue weighted by molar-refractivity contribution is 7.15. The Morgan fingerprint density at radius 2 is 1.75 bits per heavy atom. The van der Waals surface area contributed by atoms with Crippen molar-refractivity contribution < 1.29 is 42.1 Å². The molecule has 4 rings (SSSR count). The number of hydrogen-bond acceptors (Lipinski definition) is 8. The first-order chi connectivity index (χ1) is 18.9. The molecule has 1 aromatic heterocycles. The summed E-state index contributed by atoms with van der Waals surface area (Å²) in [6, 6.07) is 12.3. The first-order valence-corrected chi connectivity index (χ1v) is 12.7. The molecule has 0 fully saturated rings. The number of carboxylic acid groups (broad SMARTS) is 1. The molecule has 1 unspecified atom stereocenters. The number of carboxylic acids is 1. The third-order valence-corrected chi connectivity index (χ3v) is 6.76. The topological polar surface area (TPSA) is 153 Å². The molecule has 40 heavy (non-hydrogen) atoms. The van der Waals surface area contributed by atoms with Gasteiger partial charge in [-0.2, -0.15) is 13.2 Å². The molecule has 1 heterocycles. The molecule has 2 aromatic carbocycles. The molecule has 0 radical (unpaired) electrons. The minimum absolute atomic E-state index is 0.160. The number of aliphatic carboxylic acids is 1. The van der Waals surface area contributed by atoms with Gasteiger partial charge in [0.05, 0.1) is 19.9 Å². The van der Waals surface area contributed by atoms with Gasteiger partial charge >= 0.3 is 12.1 Å². The zero-order valence-corrected chi connectivity index (χ0v) is 22.3. The van der Waals surface area contributed by atoms with Crippen LogP contribution in [-0.2, 0) is 24.2 Å². The Bertz CT molecular complexity index is 1380. The average Bonchev–Trinajstić information content (AvgIpc) is 3.32. The fraction of sp³-hybridized carbons (Fsp3) is 0.308. The van der Waals surface area contributed by atoms with Gasteiger partial charge in [-0.05, 0) is 55.2 Å². The molecular formula is C26H27F3N4O6S. The van der Waals surface area contributed by atoms with Crippen LogP contribution in [0, 0.1) is 0 Å². The zero-order valence-electron chi connectivity index (χ0n) is 21.5. The molecule has 0 saturated heterocycles. The summed E-state index contributed by atoms with van der Waals surface area (Å²) < 4.78 is 42.2. The number of halogens is 3. The molecule has 14 heteroatoms. The van der Waals surface area contributed by atoms with E-state index in [2.05, 4.69) is 15.6 Å². The van der Waals surface area contributed by atoms with Crippen molar-refractivity contribution in [1.82, 2.24) is 10.3 Å². The molecule has 0 spiro atoms. The van der Waals surface area contributed by atoms with Crippen molar-refractivity contribution in [3.63, 3.8) is 0 Å². The summed E-state index contributed by atoms with van der Waals surface area (Å²) in [7, 11) is 3.06. The standard InChI is InChI=1S/C24H26N4O4S.C2HF3O2/c1-31-19-9-6-16(11-20(19)32-2)22(29)26-13-14-4-3-5-15(10-14)23(30)28-24-27-18-8-7-17(25)12-21(18)33-24;3-2(4,5)1(6)7/h3-6,9-11,17H,7-8,12-13,25H2,1-2H3,(H,26,29)(H,27,28,30);(H,6,7). The van der Waals surface area contributed by atoms with Crippen molar-refractivity contribution in [2.24, 2.45) is 5.73 Å². The van der Waals surface area contributed by atoms with Crippen LogP contribution in [0.15, 0.2) is 42.5 Å². The highest BCUT2D eigenvalue weighted by atomic mass is 32.1. The van der Waals surface area contributed by atoms with Crippen LogP contribution in [0.1, 0.15) is 43.3 Å². The number of hydrogen-bond donors (Lipinski definition) is 4. The molecule has 1 atom stereocenters. The van der Waals surface area contributed by atoms with Gasteiger partial charge in [-0.15, -0.1) is 11.3 Å². The van der Waals surface area contributed by atoms with Crippen molar-refractivity contribution >= 4 is 34.3 Å². The van der Waals surface area contributed by atoms with Crippen LogP contribution in [0.25, 0.3) is 0 Å². The lowest BCUT2D eigenvalue weighted by Gasteiger charge is -2.15. The summed E-state index contributed by atoms with van der Waals surface area (Å²) in [6.45, 7) is 0.276. The molecule has 1 aliphatic rings. The number of methoxy groups -OCH3 is 2. The lowest BCUT2D eigenvalue weighted by Crippen LogP contribution is -2.27. The van der Waals surface area contributed by atoms with Crippen molar-refractivity contribution in [2.45, 2.75) is 38.0 Å². The second kappa shape index (κ2) is 13.3. The van der Waals surface area contributed by atoms with Gasteiger partial charge in [-0.25, -0.2) is 9.78 Å². The number of fused-ring (bicyclic) bond motifs is 1. The molecule has 0 bridgehead atoms. The Kier molecular flexibility index (Phi) is 10.1. The second-order valence-corrected chi connectivity index (χ2v) is 9.69. The van der Waals surface area contributed by atoms with Gasteiger partial charge in [0.25, 0.3) is 11.8 Å². The Morgan fingerprint density at radius 1 is 1.07 bits per heavy atom. The van der Waals surface area contributed by atoms with Crippen molar-refractivity contribution in [2.75, 3.05) is 19.5 Å². The molecule has 5 N–H and O–H groups in total. The number of nitrogens with two attached hydrogens (primary N) is 1. The summed E-state index contributed by atoms with van der Waals surface area (Å²) in [5, 5.41) is 13.5. The van der Waals surface area contributed by atoms with E-state index in [1.54, 1.807) is 43.5 Å². The van der Waals surface area contributed by atoms with Crippen LogP contribution in [0.2, 0.25) is 0 Å². The van der Waals surface area contributed by atoms with Crippen molar-refractivity contribution in [3.05, 3.63) is 69.7 Å². The SMILES string of the molecule is COc1ccc(C(=O)NCc2cccc(C(=O)Nc3nc4c(s3)CC(N)CC4)c2)cc1OC.O=C(O)C(F)(F)F. The maximum absolute atomic E-state index is 12.8. The summed E-state index contributed by atoms with van der Waals surface area (Å²) >= 11 is 1.48. The number of nitrogens with one attached hydrogen (secondary N) is 2. The van der Waals surface area contributed by atoms with Crippen LogP contribution in [-0.4, -0.2) is 54.3 Å². The van der Waals surface area contributed by atoms with Gasteiger partial charge < -0.3 is 25.6 Å². The van der Waals surface area contributed by atoms with Crippen molar-refractivity contribution in [3.8, 4) is 11.5 Å². The van der Waals surface area contributed by atoms with E-state index < -0.39 is 12.1 Å². The van der Waals surface area contributed by atoms with E-state index in [0.717, 1.165) is 35.4 Å². The Hall–Kier alpha value is -4.17. The fourth-order valence-corrected chi connectivity index (χ4v) is 4.80. The highest BCUT2D eigenvalue weighted by Gasteiger charge is 2.38. The van der Waals surface area contributed by atoms with Crippen LogP contribution in [0.5, 0.6) is 11.5 Å². The van der Waals surface area contributed by atoms with E-state index in [9.17, 15) is 22.8 Å². The van der Waals surface area contributed by atoms with Crippen LogP contribution in [0.3, 0.4) is 0 Å². The van der Waals surface area contributed by atoms with E-state index in [4.69, 9.17) is 25.1 Å². The number of amides is 2. The fourth-order valence-electron chi connectivity index (χ4n) is 3.71. The summed E-state index contributed by atoms with van der Waals surface area (Å²) in [6.07, 6.45) is -2.52. The third-order valence-electron chi connectivity index (χ3n) is 5.73. The predicted octanol–water partition coefficient (Wildman–Crippen LogP) is 3.79. The number of carbonyl (C=O) groups is 3. The second-order valence-electron chi connectivity index (χ2n) is 8.60. The number of carbonyl (C=O) groups excluding carboxylic acids is 2. The van der Waals surface area contributed by atoms with E-state index in [0.29, 0.717) is 27.8 Å². The molecule has 2 amide bonds. The number of rotatable bonds is 7. The van der Waals surface area contributed by atoms with Crippen molar-refractivity contribution in [1.29, 1.82) is 0 Å². The number of thiazole rings is 1. The quantitative estimate of drug-likeness (QED) is 0.329. The van der Waals surface area contributed by atoms with Gasteiger partial charge in [0.1, 0.15) is 0 Å². The first-order valence-electron chi connectivity index (χ1n) is 11.9. The summed E-state index contributed by atoms with van der Waals surface area (Å²) in [5.74, 6) is -2.21. The zero-order chi connectivity index (χ0) is 29.4. The molecule has 0 saturated carbocycles. The van der Waals surface area contributed by atoms with Crippen LogP contribution < -0.4 is 25.8 Å². The van der Waals surface area contributed by atoms with Gasteiger partial charge in [0, 0.05) is 28.6 Å². The number of anilines is 1. The molecular weight excluding hydrogens is 553 g/mol. The average molecular weight is 581 g/mol. The van der Waals surface area contributed by atoms with E-state index in [-0.39, 0.29) is 24.4 Å². The Balaban J connectivity index is 0.000000559. The predicted molar refractivity (Wildman–Crippen MR) is 141 cm³/mol. The molecule has 214 valence electrons. The molecule has 3 aromatic rings. The molecule has 0 aliphatic heterocycles. The number of aromatic nitrogens is 1. The number of alkyl halides is 3. The monoisotopic (exact) mass is 580 g/mol. The number of benzene rings is 2. The Morgan fingerprint density at radius 3 is 2.40 bits per heavy atom. The summed E-state index contributed by atoms with van der Waals surface area (Å²) in [4.78, 5) is 39.9. The lowest BCUT2D eigenvalue weighted by atomic mass is 9.99. The molecule has 10 nitrogen and oxygen atoms in total. The third kappa shape index (κ3) is 8.16. The van der Waals surface area contributed by atoms with E-state index >= 15 is 0 Å². The maximum Gasteiger partial charge on any atom is 0.490 e. The van der Waals surface area contributed by atoms with Crippen LogP contribution in [0.4, 0.5) is 18.3 Å². The normalized spacial score (nSPS) is 14.2. The Labute approximate surface area is 231 Å². The maximum atomic E-state index is 12.8.